The lowest BCUT2D eigenvalue weighted by molar-refractivity contribution is 0.0693. The molecule has 1 N–H and O–H groups in total. The van der Waals surface area contributed by atoms with Gasteiger partial charge < -0.3 is 4.90 Å². The van der Waals surface area contributed by atoms with Gasteiger partial charge in [-0.2, -0.15) is 0 Å². The summed E-state index contributed by atoms with van der Waals surface area (Å²) in [4.78, 5) is 15.9. The van der Waals surface area contributed by atoms with E-state index in [1.54, 1.807) is 12.1 Å². The molecule has 0 saturated carbocycles. The molecule has 5 nitrogen and oxygen atoms in total. The van der Waals surface area contributed by atoms with Crippen LogP contribution in [0.2, 0.25) is 0 Å². The number of carbonyl (C=O) groups is 1. The minimum absolute atomic E-state index is 0.0443. The highest BCUT2D eigenvalue weighted by Crippen LogP contribution is 2.27. The summed E-state index contributed by atoms with van der Waals surface area (Å²) in [5.41, 5.74) is 1.55. The number of carbonyl (C=O) groups excluding carboxylic acids is 1. The van der Waals surface area contributed by atoms with Gasteiger partial charge in [0.15, 0.2) is 0 Å². The SMILES string of the molecule is CSc1ccc(S(=O)(=O)NC[C@@H](C)c2ccccc2)cc1C(=O)N1CCC(C)CC1. The Kier molecular flexibility index (Phi) is 7.60. The van der Waals surface area contributed by atoms with Gasteiger partial charge in [0, 0.05) is 24.5 Å². The van der Waals surface area contributed by atoms with Gasteiger partial charge in [0.05, 0.1) is 10.5 Å². The maximum Gasteiger partial charge on any atom is 0.255 e. The number of hydrogen-bond donors (Lipinski definition) is 1. The number of nitrogens with zero attached hydrogens (tertiary/aromatic N) is 1. The van der Waals surface area contributed by atoms with Gasteiger partial charge in [-0.05, 0) is 54.7 Å². The quantitative estimate of drug-likeness (QED) is 0.642. The topological polar surface area (TPSA) is 66.5 Å². The second kappa shape index (κ2) is 9.98. The maximum atomic E-state index is 13.1. The van der Waals surface area contributed by atoms with Gasteiger partial charge in [0.2, 0.25) is 10.0 Å². The Morgan fingerprint density at radius 3 is 2.47 bits per heavy atom. The highest BCUT2D eigenvalue weighted by Gasteiger charge is 2.25. The lowest BCUT2D eigenvalue weighted by Gasteiger charge is -2.30. The Morgan fingerprint density at radius 2 is 1.83 bits per heavy atom. The van der Waals surface area contributed by atoms with Crippen molar-refractivity contribution in [1.29, 1.82) is 0 Å². The molecule has 1 atom stereocenters. The van der Waals surface area contributed by atoms with E-state index in [-0.39, 0.29) is 16.7 Å². The number of likely N-dealkylation sites (tertiary alicyclic amines) is 1. The van der Waals surface area contributed by atoms with Crippen LogP contribution in [-0.2, 0) is 10.0 Å². The normalized spacial score (nSPS) is 16.4. The summed E-state index contributed by atoms with van der Waals surface area (Å²) in [6.45, 7) is 5.92. The number of benzene rings is 2. The monoisotopic (exact) mass is 446 g/mol. The molecule has 1 aliphatic rings. The van der Waals surface area contributed by atoms with Gasteiger partial charge in [-0.1, -0.05) is 44.2 Å². The van der Waals surface area contributed by atoms with E-state index in [0.717, 1.165) is 36.4 Å². The molecule has 0 aromatic heterocycles. The molecule has 1 saturated heterocycles. The molecule has 1 fully saturated rings. The summed E-state index contributed by atoms with van der Waals surface area (Å²) in [6.07, 6.45) is 3.87. The molecule has 0 unspecified atom stereocenters. The van der Waals surface area contributed by atoms with E-state index in [1.807, 2.05) is 48.4 Å². The van der Waals surface area contributed by atoms with Crippen molar-refractivity contribution in [2.75, 3.05) is 25.9 Å². The third-order valence-corrected chi connectivity index (χ3v) is 7.95. The third kappa shape index (κ3) is 5.45. The molecule has 30 heavy (non-hydrogen) atoms. The first-order chi connectivity index (χ1) is 14.3. The van der Waals surface area contributed by atoms with Crippen LogP contribution in [-0.4, -0.2) is 45.1 Å². The van der Waals surface area contributed by atoms with Crippen LogP contribution >= 0.6 is 11.8 Å². The van der Waals surface area contributed by atoms with Crippen molar-refractivity contribution in [1.82, 2.24) is 9.62 Å². The standard InChI is InChI=1S/C23H30N2O3S2/c1-17-11-13-25(14-12-17)23(26)21-15-20(9-10-22(21)29-3)30(27,28)24-16-18(2)19-7-5-4-6-8-19/h4-10,15,17-18,24H,11-14,16H2,1-3H3/t18-/m1/s1. The van der Waals surface area contributed by atoms with Crippen LogP contribution in [0.4, 0.5) is 0 Å². The van der Waals surface area contributed by atoms with Crippen LogP contribution in [0.25, 0.3) is 0 Å². The number of thioether (sulfide) groups is 1. The second-order valence-electron chi connectivity index (χ2n) is 8.00. The fourth-order valence-electron chi connectivity index (χ4n) is 3.62. The molecule has 1 aliphatic heterocycles. The predicted octanol–water partition coefficient (Wildman–Crippen LogP) is 4.36. The van der Waals surface area contributed by atoms with E-state index in [0.29, 0.717) is 18.0 Å². The van der Waals surface area contributed by atoms with Crippen molar-refractivity contribution in [2.24, 2.45) is 5.92 Å². The molecular weight excluding hydrogens is 416 g/mol. The first-order valence-electron chi connectivity index (χ1n) is 10.3. The van der Waals surface area contributed by atoms with Crippen molar-refractivity contribution in [3.8, 4) is 0 Å². The van der Waals surface area contributed by atoms with Gasteiger partial charge >= 0.3 is 0 Å². The van der Waals surface area contributed by atoms with Crippen molar-refractivity contribution >= 4 is 27.7 Å². The van der Waals surface area contributed by atoms with E-state index < -0.39 is 10.0 Å². The molecule has 0 radical (unpaired) electrons. The van der Waals surface area contributed by atoms with Gasteiger partial charge in [-0.25, -0.2) is 13.1 Å². The van der Waals surface area contributed by atoms with Crippen molar-refractivity contribution in [3.05, 3.63) is 59.7 Å². The largest absolute Gasteiger partial charge is 0.339 e. The lowest BCUT2D eigenvalue weighted by Crippen LogP contribution is -2.38. The van der Waals surface area contributed by atoms with E-state index in [4.69, 9.17) is 0 Å². The Labute approximate surface area is 184 Å². The molecule has 1 amide bonds. The van der Waals surface area contributed by atoms with Crippen LogP contribution in [0.1, 0.15) is 48.5 Å². The Bertz CT molecular complexity index is 969. The minimum Gasteiger partial charge on any atom is -0.339 e. The zero-order chi connectivity index (χ0) is 21.7. The average molecular weight is 447 g/mol. The number of piperidine rings is 1. The van der Waals surface area contributed by atoms with E-state index in [2.05, 4.69) is 11.6 Å². The van der Waals surface area contributed by atoms with E-state index in [9.17, 15) is 13.2 Å². The van der Waals surface area contributed by atoms with Gasteiger partial charge in [-0.15, -0.1) is 11.8 Å². The molecule has 1 heterocycles. The van der Waals surface area contributed by atoms with Crippen molar-refractivity contribution < 1.29 is 13.2 Å². The zero-order valence-corrected chi connectivity index (χ0v) is 19.4. The number of sulfonamides is 1. The first kappa shape index (κ1) is 22.8. The lowest BCUT2D eigenvalue weighted by atomic mass is 9.98. The second-order valence-corrected chi connectivity index (χ2v) is 10.6. The van der Waals surface area contributed by atoms with Gasteiger partial charge in [-0.3, -0.25) is 4.79 Å². The Morgan fingerprint density at radius 1 is 1.17 bits per heavy atom. The highest BCUT2D eigenvalue weighted by atomic mass is 32.2. The van der Waals surface area contributed by atoms with E-state index >= 15 is 0 Å². The molecule has 2 aromatic carbocycles. The molecule has 7 heteroatoms. The van der Waals surface area contributed by atoms with Crippen LogP contribution in [0.3, 0.4) is 0 Å². The molecule has 3 rings (SSSR count). The van der Waals surface area contributed by atoms with Crippen LogP contribution in [0.15, 0.2) is 58.3 Å². The molecule has 0 spiro atoms. The molecule has 0 aliphatic carbocycles. The smallest absolute Gasteiger partial charge is 0.255 e. The predicted molar refractivity (Wildman–Crippen MR) is 123 cm³/mol. The molecule has 2 aromatic rings. The summed E-state index contributed by atoms with van der Waals surface area (Å²) >= 11 is 1.46. The summed E-state index contributed by atoms with van der Waals surface area (Å²) < 4.78 is 28.5. The number of amides is 1. The number of rotatable bonds is 7. The van der Waals surface area contributed by atoms with Crippen molar-refractivity contribution in [3.63, 3.8) is 0 Å². The van der Waals surface area contributed by atoms with E-state index in [1.165, 1.54) is 17.8 Å². The maximum absolute atomic E-state index is 13.1. The molecular formula is C23H30N2O3S2. The van der Waals surface area contributed by atoms with Gasteiger partial charge in [0.1, 0.15) is 0 Å². The van der Waals surface area contributed by atoms with Crippen LogP contribution in [0.5, 0.6) is 0 Å². The number of hydrogen-bond acceptors (Lipinski definition) is 4. The molecule has 0 bridgehead atoms. The Balaban J connectivity index is 1.78. The van der Waals surface area contributed by atoms with Crippen molar-refractivity contribution in [2.45, 2.75) is 42.4 Å². The van der Waals surface area contributed by atoms with Crippen LogP contribution < -0.4 is 4.72 Å². The minimum atomic E-state index is -3.71. The highest BCUT2D eigenvalue weighted by molar-refractivity contribution is 7.98. The Hall–Kier alpha value is -1.83. The zero-order valence-electron chi connectivity index (χ0n) is 17.8. The van der Waals surface area contributed by atoms with Crippen LogP contribution in [0, 0.1) is 5.92 Å². The average Bonchev–Trinajstić information content (AvgIpc) is 2.77. The van der Waals surface area contributed by atoms with Gasteiger partial charge in [0.25, 0.3) is 5.91 Å². The first-order valence-corrected chi connectivity index (χ1v) is 13.0. The summed E-state index contributed by atoms with van der Waals surface area (Å²) in [5.74, 6) is 0.584. The summed E-state index contributed by atoms with van der Waals surface area (Å²) in [7, 11) is -3.71. The molecule has 162 valence electrons. The summed E-state index contributed by atoms with van der Waals surface area (Å²) in [5, 5.41) is 0. The fourth-order valence-corrected chi connectivity index (χ4v) is 5.35. The number of nitrogens with one attached hydrogen (secondary N) is 1. The third-order valence-electron chi connectivity index (χ3n) is 5.73. The summed E-state index contributed by atoms with van der Waals surface area (Å²) in [6, 6.07) is 14.7. The fraction of sp³-hybridized carbons (Fsp3) is 0.435.